The van der Waals surface area contributed by atoms with Crippen LogP contribution in [0.5, 0.6) is 17.2 Å². The molecule has 2 N–H and O–H groups in total. The number of rotatable bonds is 9. The van der Waals surface area contributed by atoms with Crippen LogP contribution in [0.4, 0.5) is 0 Å². The van der Waals surface area contributed by atoms with Gasteiger partial charge in [-0.25, -0.2) is 0 Å². The molecule has 0 bridgehead atoms. The zero-order chi connectivity index (χ0) is 18.1. The predicted octanol–water partition coefficient (Wildman–Crippen LogP) is 3.01. The Labute approximate surface area is 146 Å². The Bertz CT molecular complexity index is 712. The molecule has 0 fully saturated rings. The normalized spacial score (nSPS) is 10.1. The number of carbonyl (C=O) groups excluding carboxylic acids is 1. The summed E-state index contributed by atoms with van der Waals surface area (Å²) in [6.07, 6.45) is 0.510. The smallest absolute Gasteiger partial charge is 0.303 e. The number of methoxy groups -OCH3 is 1. The summed E-state index contributed by atoms with van der Waals surface area (Å²) in [5.41, 5.74) is 1.05. The zero-order valence-corrected chi connectivity index (χ0v) is 14.0. The number of hydrogen-bond donors (Lipinski definition) is 2. The van der Waals surface area contributed by atoms with Gasteiger partial charge in [-0.2, -0.15) is 0 Å². The molecule has 0 atom stereocenters. The van der Waals surface area contributed by atoms with Gasteiger partial charge in [-0.15, -0.1) is 0 Å². The minimum Gasteiger partial charge on any atom is -0.493 e. The Hall–Kier alpha value is -3.02. The molecule has 0 radical (unpaired) electrons. The number of hydrogen-bond acceptors (Lipinski definition) is 4. The molecular weight excluding hydrogens is 322 g/mol. The van der Waals surface area contributed by atoms with Crippen molar-refractivity contribution in [1.82, 2.24) is 5.32 Å². The van der Waals surface area contributed by atoms with Crippen LogP contribution in [-0.2, 0) is 16.0 Å². The fourth-order valence-electron chi connectivity index (χ4n) is 2.21. The summed E-state index contributed by atoms with van der Waals surface area (Å²) in [5, 5.41) is 11.2. The molecule has 0 aliphatic heterocycles. The van der Waals surface area contributed by atoms with Gasteiger partial charge in [0.2, 0.25) is 5.91 Å². The summed E-state index contributed by atoms with van der Waals surface area (Å²) in [6, 6.07) is 15.0. The second kappa shape index (κ2) is 9.32. The van der Waals surface area contributed by atoms with Gasteiger partial charge in [-0.1, -0.05) is 24.3 Å². The molecule has 0 saturated heterocycles. The fourth-order valence-corrected chi connectivity index (χ4v) is 2.21. The monoisotopic (exact) mass is 343 g/mol. The van der Waals surface area contributed by atoms with E-state index < -0.39 is 5.97 Å². The van der Waals surface area contributed by atoms with E-state index in [1.165, 1.54) is 0 Å². The van der Waals surface area contributed by atoms with Crippen molar-refractivity contribution in [1.29, 1.82) is 0 Å². The summed E-state index contributed by atoms with van der Waals surface area (Å²) < 4.78 is 11.1. The van der Waals surface area contributed by atoms with Crippen LogP contribution >= 0.6 is 0 Å². The van der Waals surface area contributed by atoms with E-state index in [0.717, 1.165) is 5.56 Å². The molecule has 0 saturated carbocycles. The number of carbonyl (C=O) groups is 2. The van der Waals surface area contributed by atoms with Crippen LogP contribution in [0, 0.1) is 0 Å². The van der Waals surface area contributed by atoms with Crippen molar-refractivity contribution in [2.24, 2.45) is 0 Å². The average Bonchev–Trinajstić information content (AvgIpc) is 2.62. The largest absolute Gasteiger partial charge is 0.493 e. The van der Waals surface area contributed by atoms with Crippen molar-refractivity contribution in [3.05, 3.63) is 54.1 Å². The summed E-state index contributed by atoms with van der Waals surface area (Å²) in [4.78, 5) is 21.9. The molecule has 0 unspecified atom stereocenters. The molecule has 1 amide bonds. The van der Waals surface area contributed by atoms with Gasteiger partial charge in [-0.05, 0) is 36.2 Å². The number of para-hydroxylation sites is 2. The standard InChI is InChI=1S/C19H21NO5/c1-24-16-4-2-3-5-17(16)25-15-8-6-14(7-9-15)12-13-20-18(21)10-11-19(22)23/h2-9H,10-13H2,1H3,(H,20,21)(H,22,23). The van der Waals surface area contributed by atoms with E-state index in [1.54, 1.807) is 7.11 Å². The van der Waals surface area contributed by atoms with E-state index in [0.29, 0.717) is 30.2 Å². The minimum absolute atomic E-state index is 0.00101. The first-order valence-corrected chi connectivity index (χ1v) is 7.97. The fraction of sp³-hybridized carbons (Fsp3) is 0.263. The van der Waals surface area contributed by atoms with Crippen LogP contribution in [0.25, 0.3) is 0 Å². The number of carboxylic acid groups (broad SMARTS) is 1. The number of benzene rings is 2. The summed E-state index contributed by atoms with van der Waals surface area (Å²) in [5.74, 6) is 0.775. The Morgan fingerprint density at radius 2 is 1.68 bits per heavy atom. The molecule has 2 rings (SSSR count). The highest BCUT2D eigenvalue weighted by atomic mass is 16.5. The average molecular weight is 343 g/mol. The molecule has 0 aliphatic carbocycles. The zero-order valence-electron chi connectivity index (χ0n) is 14.0. The quantitative estimate of drug-likeness (QED) is 0.731. The topological polar surface area (TPSA) is 84.9 Å². The van der Waals surface area contributed by atoms with E-state index in [9.17, 15) is 9.59 Å². The highest BCUT2D eigenvalue weighted by Crippen LogP contribution is 2.30. The van der Waals surface area contributed by atoms with E-state index in [4.69, 9.17) is 14.6 Å². The van der Waals surface area contributed by atoms with Crippen molar-refractivity contribution in [2.45, 2.75) is 19.3 Å². The second-order valence-electron chi connectivity index (χ2n) is 5.39. The number of nitrogens with one attached hydrogen (secondary N) is 1. The van der Waals surface area contributed by atoms with Gasteiger partial charge in [0.25, 0.3) is 0 Å². The molecule has 0 heterocycles. The first kappa shape index (κ1) is 18.3. The summed E-state index contributed by atoms with van der Waals surface area (Å²) >= 11 is 0. The molecule has 132 valence electrons. The SMILES string of the molecule is COc1ccccc1Oc1ccc(CCNC(=O)CCC(=O)O)cc1. The molecular formula is C19H21NO5. The third-order valence-electron chi connectivity index (χ3n) is 3.52. The molecule has 0 spiro atoms. The third-order valence-corrected chi connectivity index (χ3v) is 3.52. The van der Waals surface area contributed by atoms with Crippen molar-refractivity contribution < 1.29 is 24.2 Å². The van der Waals surface area contributed by atoms with Crippen molar-refractivity contribution in [3.8, 4) is 17.2 Å². The lowest BCUT2D eigenvalue weighted by Crippen LogP contribution is -2.25. The lowest BCUT2D eigenvalue weighted by atomic mass is 10.1. The lowest BCUT2D eigenvalue weighted by Gasteiger charge is -2.10. The first-order chi connectivity index (χ1) is 12.1. The summed E-state index contributed by atoms with van der Waals surface area (Å²) in [6.45, 7) is 0.463. The number of aliphatic carboxylic acids is 1. The molecule has 0 aliphatic rings. The number of ether oxygens (including phenoxy) is 2. The van der Waals surface area contributed by atoms with Gasteiger partial charge in [-0.3, -0.25) is 9.59 Å². The van der Waals surface area contributed by atoms with Crippen LogP contribution < -0.4 is 14.8 Å². The van der Waals surface area contributed by atoms with Crippen LogP contribution in [0.2, 0.25) is 0 Å². The summed E-state index contributed by atoms with van der Waals surface area (Å²) in [7, 11) is 1.59. The maximum atomic E-state index is 11.4. The van der Waals surface area contributed by atoms with Crippen LogP contribution in [0.15, 0.2) is 48.5 Å². The van der Waals surface area contributed by atoms with Crippen molar-refractivity contribution in [3.63, 3.8) is 0 Å². The Morgan fingerprint density at radius 3 is 2.32 bits per heavy atom. The van der Waals surface area contributed by atoms with Gasteiger partial charge in [0, 0.05) is 13.0 Å². The van der Waals surface area contributed by atoms with Gasteiger partial charge in [0.1, 0.15) is 5.75 Å². The Kier molecular flexibility index (Phi) is 6.83. The maximum Gasteiger partial charge on any atom is 0.303 e. The molecule has 0 aromatic heterocycles. The van der Waals surface area contributed by atoms with Gasteiger partial charge >= 0.3 is 5.97 Å². The maximum absolute atomic E-state index is 11.4. The van der Waals surface area contributed by atoms with Gasteiger partial charge in [0.15, 0.2) is 11.5 Å². The minimum atomic E-state index is -0.971. The van der Waals surface area contributed by atoms with E-state index in [2.05, 4.69) is 5.32 Å². The second-order valence-corrected chi connectivity index (χ2v) is 5.39. The molecule has 2 aromatic carbocycles. The van der Waals surface area contributed by atoms with Gasteiger partial charge in [0.05, 0.1) is 13.5 Å². The third kappa shape index (κ3) is 6.18. The highest BCUT2D eigenvalue weighted by Gasteiger charge is 2.06. The van der Waals surface area contributed by atoms with E-state index in [-0.39, 0.29) is 18.7 Å². The predicted molar refractivity (Wildman–Crippen MR) is 93.1 cm³/mol. The highest BCUT2D eigenvalue weighted by molar-refractivity contribution is 5.80. The molecule has 6 heteroatoms. The van der Waals surface area contributed by atoms with Crippen LogP contribution in [-0.4, -0.2) is 30.6 Å². The van der Waals surface area contributed by atoms with Gasteiger partial charge < -0.3 is 19.9 Å². The van der Waals surface area contributed by atoms with Crippen molar-refractivity contribution >= 4 is 11.9 Å². The van der Waals surface area contributed by atoms with Crippen LogP contribution in [0.1, 0.15) is 18.4 Å². The number of amides is 1. The van der Waals surface area contributed by atoms with Crippen molar-refractivity contribution in [2.75, 3.05) is 13.7 Å². The van der Waals surface area contributed by atoms with E-state index >= 15 is 0 Å². The van der Waals surface area contributed by atoms with Crippen LogP contribution in [0.3, 0.4) is 0 Å². The first-order valence-electron chi connectivity index (χ1n) is 7.97. The molecule has 6 nitrogen and oxygen atoms in total. The molecule has 25 heavy (non-hydrogen) atoms. The molecule has 2 aromatic rings. The number of carboxylic acids is 1. The van der Waals surface area contributed by atoms with E-state index in [1.807, 2.05) is 48.5 Å². The lowest BCUT2D eigenvalue weighted by molar-refractivity contribution is -0.138. The Balaban J connectivity index is 1.82. The Morgan fingerprint density at radius 1 is 1.00 bits per heavy atom.